The number of aliphatic imine (C=N–C) groups is 1. The summed E-state index contributed by atoms with van der Waals surface area (Å²) in [4.78, 5) is 38.4. The first-order valence-corrected chi connectivity index (χ1v) is 18.1. The Morgan fingerprint density at radius 1 is 1.00 bits per heavy atom. The van der Waals surface area contributed by atoms with Crippen molar-refractivity contribution in [3.63, 3.8) is 0 Å². The molecule has 7 N–H and O–H groups in total. The van der Waals surface area contributed by atoms with Crippen molar-refractivity contribution in [1.29, 1.82) is 0 Å². The zero-order chi connectivity index (χ0) is 37.1. The fourth-order valence-corrected chi connectivity index (χ4v) is 5.63. The molecule has 52 heavy (non-hydrogen) atoms. The third-order valence-corrected chi connectivity index (χ3v) is 8.90. The molecule has 2 aromatic rings. The maximum atomic E-state index is 14.0. The van der Waals surface area contributed by atoms with Crippen LogP contribution in [0.25, 0.3) is 0 Å². The summed E-state index contributed by atoms with van der Waals surface area (Å²) in [5.41, 5.74) is 18.2. The number of piperazine rings is 1. The minimum atomic E-state index is -0.575. The molecule has 19 nitrogen and oxygen atoms in total. The van der Waals surface area contributed by atoms with Gasteiger partial charge in [0.1, 0.15) is 12.6 Å². The highest BCUT2D eigenvalue weighted by Crippen LogP contribution is 2.24. The molecule has 288 valence electrons. The van der Waals surface area contributed by atoms with Gasteiger partial charge in [-0.25, -0.2) is 4.68 Å². The molecule has 2 aliphatic heterocycles. The van der Waals surface area contributed by atoms with Crippen molar-refractivity contribution < 1.29 is 23.7 Å². The van der Waals surface area contributed by atoms with Crippen LogP contribution >= 0.6 is 0 Å². The molecule has 0 bridgehead atoms. The molecule has 4 heterocycles. The Balaban J connectivity index is 1.37. The average Bonchev–Trinajstić information content (AvgIpc) is 3.66. The van der Waals surface area contributed by atoms with Crippen LogP contribution in [-0.4, -0.2) is 152 Å². The van der Waals surface area contributed by atoms with Crippen LogP contribution < -0.4 is 32.3 Å². The van der Waals surface area contributed by atoms with Crippen molar-refractivity contribution in [3.8, 4) is 12.3 Å². The lowest BCUT2D eigenvalue weighted by Crippen LogP contribution is -2.51. The van der Waals surface area contributed by atoms with Crippen LogP contribution in [0.3, 0.4) is 0 Å². The van der Waals surface area contributed by atoms with E-state index in [2.05, 4.69) is 50.2 Å². The zero-order valence-electron chi connectivity index (χ0n) is 30.6. The number of carbonyl (C=O) groups excluding carboxylic acids is 1. The number of ether oxygens (including phenoxy) is 4. The summed E-state index contributed by atoms with van der Waals surface area (Å²) in [6.07, 6.45) is 8.94. The predicted octanol–water partition coefficient (Wildman–Crippen LogP) is -0.616. The van der Waals surface area contributed by atoms with Crippen LogP contribution in [-0.2, 0) is 23.7 Å². The Labute approximate surface area is 306 Å². The first-order chi connectivity index (χ1) is 25.3. The molecule has 4 rings (SSSR count). The van der Waals surface area contributed by atoms with Gasteiger partial charge in [0.15, 0.2) is 5.96 Å². The van der Waals surface area contributed by atoms with E-state index in [1.54, 1.807) is 10.9 Å². The van der Waals surface area contributed by atoms with E-state index in [0.29, 0.717) is 135 Å². The van der Waals surface area contributed by atoms with Gasteiger partial charge in [-0.15, -0.1) is 11.5 Å². The minimum absolute atomic E-state index is 0.0176. The fraction of sp³-hybridized carbons (Fsp3) is 0.727. The molecular formula is C33H56N14O5. The van der Waals surface area contributed by atoms with Gasteiger partial charge in [-0.05, 0) is 18.8 Å². The van der Waals surface area contributed by atoms with E-state index in [-0.39, 0.29) is 30.4 Å². The van der Waals surface area contributed by atoms with Gasteiger partial charge < -0.3 is 56.2 Å². The van der Waals surface area contributed by atoms with Gasteiger partial charge >= 0.3 is 0 Å². The highest BCUT2D eigenvalue weighted by Gasteiger charge is 2.31. The molecular weight excluding hydrogens is 672 g/mol. The van der Waals surface area contributed by atoms with Gasteiger partial charge in [-0.1, -0.05) is 31.4 Å². The number of hydrogen-bond donors (Lipinski definition) is 4. The van der Waals surface area contributed by atoms with Crippen molar-refractivity contribution in [3.05, 3.63) is 11.9 Å². The summed E-state index contributed by atoms with van der Waals surface area (Å²) in [6.45, 7) is 12.2. The molecule has 0 aliphatic carbocycles. The standard InChI is InChI=1S/C33H56N14O5/c1-4-16-49-20-22-52-23-21-50-17-9-38-31-39-32(41-33(40-31)46-14-18-51-19-15-46)45-12-10-44(11-13-45)29(48)27(7-6-8-37-30(35)36)47-24-26(42-43-47)28(34)25(3)5-2/h1,24-25,27-28H,5-23,34H2,2-3H3,(H4,35,36,37)(H,38,39,40,41). The highest BCUT2D eigenvalue weighted by molar-refractivity contribution is 5.80. The van der Waals surface area contributed by atoms with Crippen LogP contribution in [0.15, 0.2) is 11.2 Å². The van der Waals surface area contributed by atoms with Crippen LogP contribution in [0.4, 0.5) is 17.8 Å². The Hall–Kier alpha value is -4.35. The molecule has 0 radical (unpaired) electrons. The van der Waals surface area contributed by atoms with Crippen LogP contribution in [0, 0.1) is 18.3 Å². The summed E-state index contributed by atoms with van der Waals surface area (Å²) in [5, 5.41) is 11.9. The van der Waals surface area contributed by atoms with Crippen molar-refractivity contribution in [2.75, 3.05) is 120 Å². The number of amides is 1. The molecule has 2 aliphatic rings. The number of rotatable bonds is 22. The van der Waals surface area contributed by atoms with Crippen molar-refractivity contribution in [2.24, 2.45) is 28.1 Å². The van der Waals surface area contributed by atoms with Gasteiger partial charge in [-0.3, -0.25) is 9.79 Å². The number of nitrogens with two attached hydrogens (primary N) is 3. The molecule has 1 amide bonds. The number of aromatic nitrogens is 6. The number of guanidine groups is 1. The van der Waals surface area contributed by atoms with Crippen LogP contribution in [0.5, 0.6) is 0 Å². The third-order valence-electron chi connectivity index (χ3n) is 8.90. The summed E-state index contributed by atoms with van der Waals surface area (Å²) in [7, 11) is 0. The topological polar surface area (TPSA) is 236 Å². The van der Waals surface area contributed by atoms with Crippen molar-refractivity contribution >= 4 is 29.7 Å². The zero-order valence-corrected chi connectivity index (χ0v) is 30.6. The Morgan fingerprint density at radius 2 is 1.65 bits per heavy atom. The first-order valence-electron chi connectivity index (χ1n) is 18.1. The van der Waals surface area contributed by atoms with E-state index < -0.39 is 6.04 Å². The number of hydrogen-bond acceptors (Lipinski definition) is 15. The number of morpholine rings is 1. The second kappa shape index (κ2) is 21.9. The largest absolute Gasteiger partial charge is 0.378 e. The molecule has 0 saturated carbocycles. The molecule has 2 aromatic heterocycles. The smallest absolute Gasteiger partial charge is 0.247 e. The molecule has 2 saturated heterocycles. The summed E-state index contributed by atoms with van der Waals surface area (Å²) in [5.74, 6) is 4.18. The monoisotopic (exact) mass is 728 g/mol. The number of terminal acetylenes is 1. The Kier molecular flexibility index (Phi) is 17.0. The third kappa shape index (κ3) is 12.7. The summed E-state index contributed by atoms with van der Waals surface area (Å²) >= 11 is 0. The van der Waals surface area contributed by atoms with E-state index in [4.69, 9.17) is 57.5 Å². The van der Waals surface area contributed by atoms with E-state index >= 15 is 0 Å². The van der Waals surface area contributed by atoms with Crippen LogP contribution in [0.2, 0.25) is 0 Å². The second-order valence-electron chi connectivity index (χ2n) is 12.6. The van der Waals surface area contributed by atoms with Gasteiger partial charge in [0, 0.05) is 52.4 Å². The van der Waals surface area contributed by atoms with Gasteiger partial charge in [0.25, 0.3) is 0 Å². The van der Waals surface area contributed by atoms with Gasteiger partial charge in [0.2, 0.25) is 23.8 Å². The van der Waals surface area contributed by atoms with Crippen molar-refractivity contribution in [2.45, 2.75) is 45.2 Å². The number of nitrogens with zero attached hydrogens (tertiary/aromatic N) is 10. The number of carbonyl (C=O) groups is 1. The number of anilines is 3. The van der Waals surface area contributed by atoms with Crippen molar-refractivity contribution in [1.82, 2.24) is 34.8 Å². The lowest BCUT2D eigenvalue weighted by atomic mass is 9.98. The molecule has 3 unspecified atom stereocenters. The molecule has 19 heteroatoms. The first kappa shape index (κ1) is 40.4. The van der Waals surface area contributed by atoms with E-state index in [1.165, 1.54) is 0 Å². The maximum Gasteiger partial charge on any atom is 0.247 e. The molecule has 0 spiro atoms. The maximum absolute atomic E-state index is 14.0. The second-order valence-corrected chi connectivity index (χ2v) is 12.6. The lowest BCUT2D eigenvalue weighted by Gasteiger charge is -2.36. The summed E-state index contributed by atoms with van der Waals surface area (Å²) in [6, 6.07) is -0.849. The molecule has 3 atom stereocenters. The van der Waals surface area contributed by atoms with Crippen LogP contribution in [0.1, 0.15) is 50.9 Å². The number of nitrogens with one attached hydrogen (secondary N) is 1. The average molecular weight is 729 g/mol. The normalized spacial score (nSPS) is 16.6. The minimum Gasteiger partial charge on any atom is -0.378 e. The summed E-state index contributed by atoms with van der Waals surface area (Å²) < 4.78 is 23.5. The highest BCUT2D eigenvalue weighted by atomic mass is 16.5. The Morgan fingerprint density at radius 3 is 2.31 bits per heavy atom. The van der Waals surface area contributed by atoms with E-state index in [0.717, 1.165) is 6.42 Å². The lowest BCUT2D eigenvalue weighted by molar-refractivity contribution is -0.135. The van der Waals surface area contributed by atoms with Gasteiger partial charge in [-0.2, -0.15) is 15.0 Å². The fourth-order valence-electron chi connectivity index (χ4n) is 5.63. The van der Waals surface area contributed by atoms with E-state index in [1.807, 2.05) is 4.90 Å². The molecule has 0 aromatic carbocycles. The SMILES string of the molecule is C#CCOCCOCCOCCNc1nc(N2CCOCC2)nc(N2CCN(C(=O)C(CCCN=C(N)N)n3cc(C(N)C(C)CC)nn3)CC2)n1. The molecule has 2 fully saturated rings. The predicted molar refractivity (Wildman–Crippen MR) is 197 cm³/mol. The quantitative estimate of drug-likeness (QED) is 0.0512. The van der Waals surface area contributed by atoms with Gasteiger partial charge in [0.05, 0.1) is 64.2 Å². The Bertz CT molecular complexity index is 1420. The van der Waals surface area contributed by atoms with E-state index in [9.17, 15) is 4.79 Å².